The number of likely N-dealkylation sites (tertiary alicyclic amines) is 2. The van der Waals surface area contributed by atoms with Gasteiger partial charge in [-0.2, -0.15) is 0 Å². The highest BCUT2D eigenvalue weighted by Gasteiger charge is 2.48. The SMILES string of the molecule is COCCN1C(=O)C[C@@H]2[C@H]1CCN2C(=O)Nc1ccc(C)cc1. The number of carbonyl (C=O) groups is 2. The lowest BCUT2D eigenvalue weighted by Crippen LogP contribution is -2.42. The molecule has 2 aliphatic heterocycles. The summed E-state index contributed by atoms with van der Waals surface area (Å²) in [5, 5.41) is 2.93. The number of hydrogen-bond acceptors (Lipinski definition) is 3. The Morgan fingerprint density at radius 2 is 2.04 bits per heavy atom. The fourth-order valence-corrected chi connectivity index (χ4v) is 3.49. The highest BCUT2D eigenvalue weighted by Crippen LogP contribution is 2.32. The quantitative estimate of drug-likeness (QED) is 0.922. The molecule has 0 aliphatic carbocycles. The monoisotopic (exact) mass is 317 g/mol. The molecule has 0 radical (unpaired) electrons. The Morgan fingerprint density at radius 3 is 2.74 bits per heavy atom. The Morgan fingerprint density at radius 1 is 1.30 bits per heavy atom. The topological polar surface area (TPSA) is 61.9 Å². The van der Waals surface area contributed by atoms with E-state index in [0.29, 0.717) is 26.1 Å². The number of carbonyl (C=O) groups excluding carboxylic acids is 2. The Bertz CT molecular complexity index is 587. The van der Waals surface area contributed by atoms with Crippen LogP contribution in [0.4, 0.5) is 10.5 Å². The van der Waals surface area contributed by atoms with Crippen molar-refractivity contribution in [3.8, 4) is 0 Å². The van der Waals surface area contributed by atoms with Crippen LogP contribution in [0.15, 0.2) is 24.3 Å². The van der Waals surface area contributed by atoms with Gasteiger partial charge in [0.25, 0.3) is 0 Å². The number of nitrogens with zero attached hydrogens (tertiary/aromatic N) is 2. The van der Waals surface area contributed by atoms with Crippen LogP contribution in [0.25, 0.3) is 0 Å². The number of benzene rings is 1. The number of anilines is 1. The summed E-state index contributed by atoms with van der Waals surface area (Å²) in [4.78, 5) is 28.4. The van der Waals surface area contributed by atoms with Crippen molar-refractivity contribution < 1.29 is 14.3 Å². The number of urea groups is 1. The summed E-state index contributed by atoms with van der Waals surface area (Å²) in [6, 6.07) is 7.70. The molecule has 1 N–H and O–H groups in total. The van der Waals surface area contributed by atoms with Gasteiger partial charge in [0.2, 0.25) is 5.91 Å². The zero-order valence-corrected chi connectivity index (χ0v) is 13.6. The van der Waals surface area contributed by atoms with Crippen molar-refractivity contribution in [2.75, 3.05) is 32.1 Å². The van der Waals surface area contributed by atoms with Crippen molar-refractivity contribution in [1.29, 1.82) is 0 Å². The van der Waals surface area contributed by atoms with Crippen LogP contribution in [0, 0.1) is 6.92 Å². The molecule has 23 heavy (non-hydrogen) atoms. The van der Waals surface area contributed by atoms with Gasteiger partial charge in [0.15, 0.2) is 0 Å². The molecule has 6 nitrogen and oxygen atoms in total. The Hall–Kier alpha value is -2.08. The molecule has 0 unspecified atom stereocenters. The van der Waals surface area contributed by atoms with Crippen molar-refractivity contribution in [1.82, 2.24) is 9.80 Å². The van der Waals surface area contributed by atoms with E-state index in [0.717, 1.165) is 17.7 Å². The Kier molecular flexibility index (Phi) is 4.52. The standard InChI is InChI=1S/C17H23N3O3/c1-12-3-5-13(6-4-12)18-17(22)20-8-7-14-15(20)11-16(21)19(14)9-10-23-2/h3-6,14-15H,7-11H2,1-2H3,(H,18,22)/t14-,15-/m1/s1. The van der Waals surface area contributed by atoms with E-state index in [-0.39, 0.29) is 24.0 Å². The summed E-state index contributed by atoms with van der Waals surface area (Å²) >= 11 is 0. The van der Waals surface area contributed by atoms with Gasteiger partial charge in [-0.3, -0.25) is 4.79 Å². The molecule has 124 valence electrons. The van der Waals surface area contributed by atoms with Gasteiger partial charge in [0.05, 0.1) is 18.7 Å². The third-order valence-electron chi connectivity index (χ3n) is 4.71. The zero-order chi connectivity index (χ0) is 16.4. The fourth-order valence-electron chi connectivity index (χ4n) is 3.49. The van der Waals surface area contributed by atoms with Gasteiger partial charge in [-0.25, -0.2) is 4.79 Å². The molecule has 0 spiro atoms. The second-order valence-corrected chi connectivity index (χ2v) is 6.20. The summed E-state index contributed by atoms with van der Waals surface area (Å²) < 4.78 is 5.08. The summed E-state index contributed by atoms with van der Waals surface area (Å²) in [6.07, 6.45) is 1.25. The molecule has 3 amide bonds. The van der Waals surface area contributed by atoms with Crippen LogP contribution >= 0.6 is 0 Å². The minimum absolute atomic E-state index is 0.0233. The predicted molar refractivity (Wildman–Crippen MR) is 87.3 cm³/mol. The average molecular weight is 317 g/mol. The maximum atomic E-state index is 12.5. The van der Waals surface area contributed by atoms with Crippen LogP contribution in [0.5, 0.6) is 0 Å². The van der Waals surface area contributed by atoms with Gasteiger partial charge in [0.1, 0.15) is 0 Å². The first kappa shape index (κ1) is 15.8. The molecular weight excluding hydrogens is 294 g/mol. The highest BCUT2D eigenvalue weighted by atomic mass is 16.5. The molecule has 2 aliphatic rings. The molecular formula is C17H23N3O3. The molecule has 0 aromatic heterocycles. The number of rotatable bonds is 4. The van der Waals surface area contributed by atoms with E-state index in [9.17, 15) is 9.59 Å². The normalized spacial score (nSPS) is 23.3. The van der Waals surface area contributed by atoms with E-state index in [1.807, 2.05) is 36.1 Å². The van der Waals surface area contributed by atoms with Crippen molar-refractivity contribution in [3.05, 3.63) is 29.8 Å². The van der Waals surface area contributed by atoms with Crippen molar-refractivity contribution in [3.63, 3.8) is 0 Å². The second-order valence-electron chi connectivity index (χ2n) is 6.20. The van der Waals surface area contributed by atoms with Crippen molar-refractivity contribution in [2.45, 2.75) is 31.8 Å². The van der Waals surface area contributed by atoms with Crippen LogP contribution in [0.3, 0.4) is 0 Å². The summed E-state index contributed by atoms with van der Waals surface area (Å²) in [6.45, 7) is 3.83. The van der Waals surface area contributed by atoms with E-state index >= 15 is 0 Å². The molecule has 2 heterocycles. The third-order valence-corrected chi connectivity index (χ3v) is 4.71. The van der Waals surface area contributed by atoms with Crippen molar-refractivity contribution >= 4 is 17.6 Å². The van der Waals surface area contributed by atoms with Gasteiger partial charge in [-0.1, -0.05) is 17.7 Å². The first-order valence-corrected chi connectivity index (χ1v) is 8.03. The summed E-state index contributed by atoms with van der Waals surface area (Å²) in [7, 11) is 1.63. The van der Waals surface area contributed by atoms with Gasteiger partial charge in [0, 0.05) is 32.3 Å². The largest absolute Gasteiger partial charge is 0.383 e. The minimum Gasteiger partial charge on any atom is -0.383 e. The van der Waals surface area contributed by atoms with Crippen LogP contribution in [-0.2, 0) is 9.53 Å². The number of amides is 3. The minimum atomic E-state index is -0.122. The molecule has 2 atom stereocenters. The van der Waals surface area contributed by atoms with E-state index in [1.165, 1.54) is 0 Å². The van der Waals surface area contributed by atoms with Gasteiger partial charge in [-0.05, 0) is 25.5 Å². The smallest absolute Gasteiger partial charge is 0.322 e. The lowest BCUT2D eigenvalue weighted by molar-refractivity contribution is -0.129. The van der Waals surface area contributed by atoms with E-state index < -0.39 is 0 Å². The maximum Gasteiger partial charge on any atom is 0.322 e. The fraction of sp³-hybridized carbons (Fsp3) is 0.529. The lowest BCUT2D eigenvalue weighted by atomic mass is 10.1. The van der Waals surface area contributed by atoms with E-state index in [4.69, 9.17) is 4.74 Å². The molecule has 1 aromatic rings. The molecule has 2 fully saturated rings. The van der Waals surface area contributed by atoms with Crippen LogP contribution in [0.1, 0.15) is 18.4 Å². The van der Waals surface area contributed by atoms with Gasteiger partial charge in [-0.15, -0.1) is 0 Å². The maximum absolute atomic E-state index is 12.5. The molecule has 2 saturated heterocycles. The van der Waals surface area contributed by atoms with E-state index in [1.54, 1.807) is 12.0 Å². The highest BCUT2D eigenvalue weighted by molar-refractivity contribution is 5.91. The van der Waals surface area contributed by atoms with Crippen LogP contribution < -0.4 is 5.32 Å². The van der Waals surface area contributed by atoms with Gasteiger partial charge < -0.3 is 19.9 Å². The first-order chi connectivity index (χ1) is 11.1. The number of methoxy groups -OCH3 is 1. The number of aryl methyl sites for hydroxylation is 1. The molecule has 0 bridgehead atoms. The number of ether oxygens (including phenoxy) is 1. The summed E-state index contributed by atoms with van der Waals surface area (Å²) in [5.41, 5.74) is 1.93. The summed E-state index contributed by atoms with van der Waals surface area (Å²) in [5.74, 6) is 0.116. The first-order valence-electron chi connectivity index (χ1n) is 8.03. The Balaban J connectivity index is 1.64. The number of nitrogens with one attached hydrogen (secondary N) is 1. The van der Waals surface area contributed by atoms with Crippen molar-refractivity contribution in [2.24, 2.45) is 0 Å². The molecule has 0 saturated carbocycles. The number of hydrogen-bond donors (Lipinski definition) is 1. The Labute approximate surface area is 136 Å². The van der Waals surface area contributed by atoms with E-state index in [2.05, 4.69) is 5.32 Å². The van der Waals surface area contributed by atoms with Gasteiger partial charge >= 0.3 is 6.03 Å². The second kappa shape index (κ2) is 6.58. The predicted octanol–water partition coefficient (Wildman–Crippen LogP) is 1.85. The molecule has 6 heteroatoms. The molecule has 3 rings (SSSR count). The molecule has 1 aromatic carbocycles. The zero-order valence-electron chi connectivity index (χ0n) is 13.6. The van der Waals surface area contributed by atoms with Crippen LogP contribution in [0.2, 0.25) is 0 Å². The third kappa shape index (κ3) is 3.17. The van der Waals surface area contributed by atoms with Crippen LogP contribution in [-0.4, -0.2) is 60.6 Å². The lowest BCUT2D eigenvalue weighted by Gasteiger charge is -2.25. The number of fused-ring (bicyclic) bond motifs is 1. The average Bonchev–Trinajstić information content (AvgIpc) is 3.06.